The van der Waals surface area contributed by atoms with Crippen LogP contribution in [0.15, 0.2) is 41.4 Å². The molecule has 0 radical (unpaired) electrons. The van der Waals surface area contributed by atoms with E-state index < -0.39 is 10.0 Å². The number of nitrogen functional groups attached to an aromatic ring is 1. The molecule has 0 fully saturated rings. The summed E-state index contributed by atoms with van der Waals surface area (Å²) in [6, 6.07) is 7.86. The van der Waals surface area contributed by atoms with Crippen LogP contribution < -0.4 is 15.2 Å². The molecular formula is C14H17N3O3S. The third-order valence-corrected chi connectivity index (χ3v) is 4.08. The Balaban J connectivity index is 2.39. The van der Waals surface area contributed by atoms with Gasteiger partial charge in [-0.2, -0.15) is 0 Å². The van der Waals surface area contributed by atoms with E-state index in [0.717, 1.165) is 5.56 Å². The number of nitrogens with zero attached hydrogens (tertiary/aromatic N) is 1. The van der Waals surface area contributed by atoms with Gasteiger partial charge in [0.25, 0.3) is 10.0 Å². The van der Waals surface area contributed by atoms with Gasteiger partial charge in [-0.25, -0.2) is 13.4 Å². The Kier molecular flexibility index (Phi) is 4.32. The maximum absolute atomic E-state index is 12.4. The van der Waals surface area contributed by atoms with Crippen LogP contribution in [0.2, 0.25) is 0 Å². The number of sulfonamides is 1. The highest BCUT2D eigenvalue weighted by Gasteiger charge is 2.20. The van der Waals surface area contributed by atoms with Gasteiger partial charge in [0.1, 0.15) is 16.5 Å². The number of hydrogen-bond donors (Lipinski definition) is 2. The molecule has 1 aromatic carbocycles. The summed E-state index contributed by atoms with van der Waals surface area (Å²) in [5, 5.41) is 0. The van der Waals surface area contributed by atoms with Crippen molar-refractivity contribution >= 4 is 21.5 Å². The Hall–Kier alpha value is -2.28. The second-order valence-corrected chi connectivity index (χ2v) is 6.12. The summed E-state index contributed by atoms with van der Waals surface area (Å²) < 4.78 is 32.6. The van der Waals surface area contributed by atoms with Gasteiger partial charge in [0, 0.05) is 11.9 Å². The lowest BCUT2D eigenvalue weighted by molar-refractivity contribution is 0.331. The smallest absolute Gasteiger partial charge is 0.266 e. The minimum Gasteiger partial charge on any atom is -0.492 e. The van der Waals surface area contributed by atoms with Crippen LogP contribution in [0, 0.1) is 6.92 Å². The highest BCUT2D eigenvalue weighted by molar-refractivity contribution is 7.92. The normalized spacial score (nSPS) is 11.1. The van der Waals surface area contributed by atoms with E-state index in [1.54, 1.807) is 31.3 Å². The molecule has 112 valence electrons. The van der Waals surface area contributed by atoms with Crippen molar-refractivity contribution in [3.63, 3.8) is 0 Å². The van der Waals surface area contributed by atoms with Crippen molar-refractivity contribution < 1.29 is 13.2 Å². The van der Waals surface area contributed by atoms with Crippen molar-refractivity contribution in [1.82, 2.24) is 4.98 Å². The molecular weight excluding hydrogens is 290 g/mol. The Morgan fingerprint density at radius 2 is 2.05 bits per heavy atom. The van der Waals surface area contributed by atoms with Crippen LogP contribution in [0.1, 0.15) is 12.5 Å². The first-order valence-corrected chi connectivity index (χ1v) is 7.88. The predicted octanol–water partition coefficient (Wildman–Crippen LogP) is 2.17. The summed E-state index contributed by atoms with van der Waals surface area (Å²) in [7, 11) is -3.82. The molecule has 21 heavy (non-hydrogen) atoms. The fourth-order valence-electron chi connectivity index (χ4n) is 1.73. The number of pyridine rings is 1. The zero-order chi connectivity index (χ0) is 15.5. The number of nitrogens with one attached hydrogen (secondary N) is 1. The molecule has 0 aliphatic heterocycles. The van der Waals surface area contributed by atoms with Crippen LogP contribution in [0.3, 0.4) is 0 Å². The molecule has 0 saturated heterocycles. The third-order valence-electron chi connectivity index (χ3n) is 2.71. The van der Waals surface area contributed by atoms with Crippen molar-refractivity contribution in [3.05, 3.63) is 42.1 Å². The second-order valence-electron chi connectivity index (χ2n) is 4.47. The molecule has 0 aliphatic carbocycles. The average Bonchev–Trinajstić information content (AvgIpc) is 2.43. The van der Waals surface area contributed by atoms with Crippen LogP contribution >= 0.6 is 0 Å². The molecule has 0 unspecified atom stereocenters. The van der Waals surface area contributed by atoms with Gasteiger partial charge in [0.05, 0.1) is 6.61 Å². The van der Waals surface area contributed by atoms with Crippen molar-refractivity contribution in [2.45, 2.75) is 18.7 Å². The van der Waals surface area contributed by atoms with E-state index in [1.165, 1.54) is 12.1 Å². The zero-order valence-electron chi connectivity index (χ0n) is 11.8. The van der Waals surface area contributed by atoms with E-state index >= 15 is 0 Å². The van der Waals surface area contributed by atoms with E-state index in [2.05, 4.69) is 9.71 Å². The summed E-state index contributed by atoms with van der Waals surface area (Å²) >= 11 is 0. The van der Waals surface area contributed by atoms with E-state index in [1.807, 2.05) is 6.92 Å². The second kappa shape index (κ2) is 6.01. The van der Waals surface area contributed by atoms with Crippen LogP contribution in [0.25, 0.3) is 0 Å². The lowest BCUT2D eigenvalue weighted by Gasteiger charge is -2.12. The topological polar surface area (TPSA) is 94.3 Å². The van der Waals surface area contributed by atoms with Gasteiger partial charge in [-0.15, -0.1) is 0 Å². The molecule has 0 saturated carbocycles. The Morgan fingerprint density at radius 3 is 2.67 bits per heavy atom. The van der Waals surface area contributed by atoms with E-state index in [0.29, 0.717) is 12.3 Å². The third kappa shape index (κ3) is 3.63. The zero-order valence-corrected chi connectivity index (χ0v) is 12.6. The van der Waals surface area contributed by atoms with E-state index in [4.69, 9.17) is 10.5 Å². The molecule has 0 bridgehead atoms. The number of hydrogen-bond acceptors (Lipinski definition) is 5. The molecule has 0 amide bonds. The summed E-state index contributed by atoms with van der Waals surface area (Å²) in [6.45, 7) is 4.01. The van der Waals surface area contributed by atoms with Gasteiger partial charge in [-0.3, -0.25) is 4.72 Å². The highest BCUT2D eigenvalue weighted by atomic mass is 32.2. The van der Waals surface area contributed by atoms with Crippen molar-refractivity contribution in [3.8, 4) is 5.75 Å². The molecule has 2 rings (SSSR count). The number of aromatic nitrogens is 1. The van der Waals surface area contributed by atoms with Gasteiger partial charge in [-0.05, 0) is 43.7 Å². The van der Waals surface area contributed by atoms with Gasteiger partial charge in [-0.1, -0.05) is 6.07 Å². The summed E-state index contributed by atoms with van der Waals surface area (Å²) in [5.41, 5.74) is 6.95. The van der Waals surface area contributed by atoms with Crippen molar-refractivity contribution in [2.24, 2.45) is 0 Å². The quantitative estimate of drug-likeness (QED) is 0.826. The number of nitrogens with two attached hydrogens (primary N) is 1. The fraction of sp³-hybridized carbons (Fsp3) is 0.214. The molecule has 2 aromatic rings. The van der Waals surface area contributed by atoms with Gasteiger partial charge >= 0.3 is 0 Å². The van der Waals surface area contributed by atoms with Crippen LogP contribution in [0.5, 0.6) is 5.75 Å². The summed E-state index contributed by atoms with van der Waals surface area (Å²) in [4.78, 5) is 4.02. The maximum Gasteiger partial charge on any atom is 0.266 e. The molecule has 0 aliphatic rings. The number of anilines is 2. The minimum absolute atomic E-state index is 0.00766. The SMILES string of the molecule is CCOc1ccc(N)cc1S(=O)(=O)Nc1ccc(C)cn1. The first-order valence-electron chi connectivity index (χ1n) is 6.40. The predicted molar refractivity (Wildman–Crippen MR) is 81.8 cm³/mol. The maximum atomic E-state index is 12.4. The molecule has 3 N–H and O–H groups in total. The lowest BCUT2D eigenvalue weighted by Crippen LogP contribution is -2.15. The summed E-state index contributed by atoms with van der Waals surface area (Å²) in [6.07, 6.45) is 1.58. The molecule has 0 spiro atoms. The van der Waals surface area contributed by atoms with Crippen molar-refractivity contribution in [1.29, 1.82) is 0 Å². The molecule has 1 heterocycles. The molecule has 7 heteroatoms. The van der Waals surface area contributed by atoms with Crippen LogP contribution in [-0.2, 0) is 10.0 Å². The lowest BCUT2D eigenvalue weighted by atomic mass is 10.3. The summed E-state index contributed by atoms with van der Waals surface area (Å²) in [5.74, 6) is 0.497. The van der Waals surface area contributed by atoms with Gasteiger partial charge in [0.2, 0.25) is 0 Å². The largest absolute Gasteiger partial charge is 0.492 e. The Bertz CT molecular complexity index is 728. The number of benzene rings is 1. The molecule has 0 atom stereocenters. The number of ether oxygens (including phenoxy) is 1. The first-order chi connectivity index (χ1) is 9.92. The van der Waals surface area contributed by atoms with Gasteiger partial charge in [0.15, 0.2) is 0 Å². The average molecular weight is 307 g/mol. The molecule has 1 aromatic heterocycles. The van der Waals surface area contributed by atoms with Gasteiger partial charge < -0.3 is 10.5 Å². The number of rotatable bonds is 5. The van der Waals surface area contributed by atoms with Crippen LogP contribution in [-0.4, -0.2) is 20.0 Å². The fourth-order valence-corrected chi connectivity index (χ4v) is 2.92. The Morgan fingerprint density at radius 1 is 1.29 bits per heavy atom. The molecule has 6 nitrogen and oxygen atoms in total. The van der Waals surface area contributed by atoms with Crippen molar-refractivity contribution in [2.75, 3.05) is 17.1 Å². The van der Waals surface area contributed by atoms with E-state index in [-0.39, 0.29) is 16.5 Å². The van der Waals surface area contributed by atoms with Crippen LogP contribution in [0.4, 0.5) is 11.5 Å². The standard InChI is InChI=1S/C14H17N3O3S/c1-3-20-12-6-5-11(15)8-13(12)21(18,19)17-14-7-4-10(2)9-16-14/h4-9H,3,15H2,1-2H3,(H,16,17). The number of aryl methyl sites for hydroxylation is 1. The highest BCUT2D eigenvalue weighted by Crippen LogP contribution is 2.27. The minimum atomic E-state index is -3.82. The monoisotopic (exact) mass is 307 g/mol. The first kappa shape index (κ1) is 15.1. The Labute approximate surface area is 124 Å². The van der Waals surface area contributed by atoms with E-state index in [9.17, 15) is 8.42 Å².